The highest BCUT2D eigenvalue weighted by atomic mass is 19.2. The molecule has 0 amide bonds. The summed E-state index contributed by atoms with van der Waals surface area (Å²) in [5.74, 6) is -5.24. The number of nitrogens with zero attached hydrogens (tertiary/aromatic N) is 1. The van der Waals surface area contributed by atoms with Gasteiger partial charge in [0, 0.05) is 18.7 Å². The number of hydrogen-bond donors (Lipinski definition) is 0. The molecule has 0 heterocycles. The lowest BCUT2D eigenvalue weighted by Gasteiger charge is -2.29. The Kier molecular flexibility index (Phi) is 8.57. The summed E-state index contributed by atoms with van der Waals surface area (Å²) < 4.78 is 56.1. The minimum absolute atomic E-state index is 0.216. The van der Waals surface area contributed by atoms with Gasteiger partial charge in [-0.1, -0.05) is 46.5 Å². The van der Waals surface area contributed by atoms with Crippen molar-refractivity contribution < 1.29 is 17.6 Å². The van der Waals surface area contributed by atoms with E-state index in [1.54, 1.807) is 4.90 Å². The summed E-state index contributed by atoms with van der Waals surface area (Å²) in [6, 6.07) is 0. The molecule has 0 aliphatic rings. The predicted octanol–water partition coefficient (Wildman–Crippen LogP) is 6.37. The van der Waals surface area contributed by atoms with Crippen molar-refractivity contribution in [2.24, 2.45) is 5.92 Å². The first kappa shape index (κ1) is 20.8. The summed E-state index contributed by atoms with van der Waals surface area (Å²) >= 11 is 0. The molecule has 1 nitrogen and oxygen atoms in total. The molecular formula is C19H29F4N. The molecule has 0 spiro atoms. The van der Waals surface area contributed by atoms with Gasteiger partial charge in [0.15, 0.2) is 23.3 Å². The van der Waals surface area contributed by atoms with Crippen LogP contribution in [0.25, 0.3) is 0 Å². The van der Waals surface area contributed by atoms with Gasteiger partial charge in [-0.15, -0.1) is 0 Å². The summed E-state index contributed by atoms with van der Waals surface area (Å²) in [5.41, 5.74) is -0.892. The first-order valence-corrected chi connectivity index (χ1v) is 8.92. The van der Waals surface area contributed by atoms with E-state index in [2.05, 4.69) is 6.92 Å². The largest absolute Gasteiger partial charge is 0.366 e. The van der Waals surface area contributed by atoms with E-state index in [0.29, 0.717) is 13.1 Å². The monoisotopic (exact) mass is 347 g/mol. The van der Waals surface area contributed by atoms with Crippen molar-refractivity contribution >= 4 is 5.69 Å². The quantitative estimate of drug-likeness (QED) is 0.206. The molecule has 5 heteroatoms. The lowest BCUT2D eigenvalue weighted by molar-refractivity contribution is 0.422. The first-order valence-electron chi connectivity index (χ1n) is 8.92. The Morgan fingerprint density at radius 2 is 1.50 bits per heavy atom. The highest BCUT2D eigenvalue weighted by Crippen LogP contribution is 2.31. The fraction of sp³-hybridized carbons (Fsp3) is 0.684. The third kappa shape index (κ3) is 5.12. The molecule has 0 N–H and O–H groups in total. The standard InChI is InChI=1S/C19H29F4N/c1-5-7-8-9-11-24(12-13(3)10-6-2)19-16(21)14(4)15(20)17(22)18(19)23/h13H,5-12H2,1-4H3. The van der Waals surface area contributed by atoms with Crippen LogP contribution in [-0.2, 0) is 0 Å². The number of benzene rings is 1. The lowest BCUT2D eigenvalue weighted by Crippen LogP contribution is -2.32. The average Bonchev–Trinajstić information content (AvgIpc) is 2.55. The molecule has 24 heavy (non-hydrogen) atoms. The highest BCUT2D eigenvalue weighted by molar-refractivity contribution is 5.52. The zero-order valence-electron chi connectivity index (χ0n) is 15.2. The maximum absolute atomic E-state index is 14.5. The Morgan fingerprint density at radius 1 is 0.833 bits per heavy atom. The number of hydrogen-bond acceptors (Lipinski definition) is 1. The minimum Gasteiger partial charge on any atom is -0.366 e. The molecule has 1 unspecified atom stereocenters. The number of halogens is 4. The number of rotatable bonds is 10. The smallest absolute Gasteiger partial charge is 0.197 e. The Morgan fingerprint density at radius 3 is 2.08 bits per heavy atom. The number of anilines is 1. The van der Waals surface area contributed by atoms with E-state index in [9.17, 15) is 17.6 Å². The molecule has 0 bridgehead atoms. The zero-order chi connectivity index (χ0) is 18.3. The van der Waals surface area contributed by atoms with Crippen LogP contribution < -0.4 is 4.90 Å². The fourth-order valence-electron chi connectivity index (χ4n) is 3.00. The van der Waals surface area contributed by atoms with E-state index in [-0.39, 0.29) is 5.92 Å². The van der Waals surface area contributed by atoms with Crippen molar-refractivity contribution in [2.45, 2.75) is 66.2 Å². The van der Waals surface area contributed by atoms with E-state index in [1.165, 1.54) is 0 Å². The third-order valence-electron chi connectivity index (χ3n) is 4.37. The molecule has 1 rings (SSSR count). The molecule has 0 saturated heterocycles. The van der Waals surface area contributed by atoms with Gasteiger partial charge in [-0.2, -0.15) is 0 Å². The average molecular weight is 347 g/mol. The Labute approximate surface area is 143 Å². The van der Waals surface area contributed by atoms with E-state index in [4.69, 9.17) is 0 Å². The predicted molar refractivity (Wildman–Crippen MR) is 91.4 cm³/mol. The second kappa shape index (κ2) is 9.90. The van der Waals surface area contributed by atoms with Gasteiger partial charge in [-0.3, -0.25) is 0 Å². The van der Waals surface area contributed by atoms with Gasteiger partial charge in [0.2, 0.25) is 0 Å². The second-order valence-corrected chi connectivity index (χ2v) is 6.63. The van der Waals surface area contributed by atoms with E-state index in [0.717, 1.165) is 45.4 Å². The van der Waals surface area contributed by atoms with Gasteiger partial charge in [0.25, 0.3) is 0 Å². The van der Waals surface area contributed by atoms with Crippen LogP contribution >= 0.6 is 0 Å². The summed E-state index contributed by atoms with van der Waals surface area (Å²) in [6.45, 7) is 8.14. The SMILES string of the molecule is CCCCCCN(CC(C)CCC)c1c(F)c(C)c(F)c(F)c1F. The van der Waals surface area contributed by atoms with Crippen LogP contribution in [0, 0.1) is 36.1 Å². The van der Waals surface area contributed by atoms with Crippen molar-refractivity contribution in [1.82, 2.24) is 0 Å². The van der Waals surface area contributed by atoms with Crippen LogP contribution in [0.1, 0.15) is 64.9 Å². The van der Waals surface area contributed by atoms with Gasteiger partial charge in [0.1, 0.15) is 5.69 Å². The summed E-state index contributed by atoms with van der Waals surface area (Å²) in [5, 5.41) is 0. The van der Waals surface area contributed by atoms with Crippen molar-refractivity contribution in [3.63, 3.8) is 0 Å². The van der Waals surface area contributed by atoms with Crippen LogP contribution in [0.15, 0.2) is 0 Å². The summed E-state index contributed by atoms with van der Waals surface area (Å²) in [7, 11) is 0. The molecule has 0 radical (unpaired) electrons. The first-order chi connectivity index (χ1) is 11.3. The molecule has 0 fully saturated rings. The van der Waals surface area contributed by atoms with E-state index in [1.807, 2.05) is 13.8 Å². The van der Waals surface area contributed by atoms with Gasteiger partial charge >= 0.3 is 0 Å². The van der Waals surface area contributed by atoms with Gasteiger partial charge in [-0.25, -0.2) is 17.6 Å². The molecule has 1 aromatic carbocycles. The Bertz CT molecular complexity index is 502. The van der Waals surface area contributed by atoms with Crippen molar-refractivity contribution in [2.75, 3.05) is 18.0 Å². The molecule has 1 atom stereocenters. The van der Waals surface area contributed by atoms with Crippen LogP contribution in [0.5, 0.6) is 0 Å². The van der Waals surface area contributed by atoms with E-state index < -0.39 is 34.5 Å². The summed E-state index contributed by atoms with van der Waals surface area (Å²) in [4.78, 5) is 1.55. The van der Waals surface area contributed by atoms with Crippen LogP contribution in [0.3, 0.4) is 0 Å². The van der Waals surface area contributed by atoms with Crippen molar-refractivity contribution in [1.29, 1.82) is 0 Å². The maximum Gasteiger partial charge on any atom is 0.197 e. The molecule has 1 aromatic rings. The molecule has 0 aliphatic heterocycles. The topological polar surface area (TPSA) is 3.24 Å². The summed E-state index contributed by atoms with van der Waals surface area (Å²) in [6.07, 6.45) is 5.69. The normalized spacial score (nSPS) is 12.5. The molecule has 0 aromatic heterocycles. The minimum atomic E-state index is -1.59. The number of unbranched alkanes of at least 4 members (excludes halogenated alkanes) is 3. The fourth-order valence-corrected chi connectivity index (χ4v) is 3.00. The van der Waals surface area contributed by atoms with Crippen molar-refractivity contribution in [3.8, 4) is 0 Å². The maximum atomic E-state index is 14.5. The second-order valence-electron chi connectivity index (χ2n) is 6.63. The van der Waals surface area contributed by atoms with Gasteiger partial charge in [0.05, 0.1) is 0 Å². The third-order valence-corrected chi connectivity index (χ3v) is 4.37. The van der Waals surface area contributed by atoms with E-state index >= 15 is 0 Å². The zero-order valence-corrected chi connectivity index (χ0v) is 15.2. The van der Waals surface area contributed by atoms with Crippen LogP contribution in [0.4, 0.5) is 23.2 Å². The van der Waals surface area contributed by atoms with Crippen molar-refractivity contribution in [3.05, 3.63) is 28.8 Å². The van der Waals surface area contributed by atoms with Crippen LogP contribution in [0.2, 0.25) is 0 Å². The van der Waals surface area contributed by atoms with Crippen LogP contribution in [-0.4, -0.2) is 13.1 Å². The highest BCUT2D eigenvalue weighted by Gasteiger charge is 2.27. The molecule has 0 saturated carbocycles. The Hall–Kier alpha value is -1.26. The molecule has 0 aliphatic carbocycles. The lowest BCUT2D eigenvalue weighted by atomic mass is 10.0. The Balaban J connectivity index is 3.13. The van der Waals surface area contributed by atoms with Gasteiger partial charge < -0.3 is 4.90 Å². The van der Waals surface area contributed by atoms with Gasteiger partial charge in [-0.05, 0) is 25.7 Å². The molecule has 138 valence electrons. The molecular weight excluding hydrogens is 318 g/mol.